The molecule has 2 N–H and O–H groups in total. The summed E-state index contributed by atoms with van der Waals surface area (Å²) in [6.45, 7) is 0. The number of nitrogens with one attached hydrogen (secondary N) is 1. The summed E-state index contributed by atoms with van der Waals surface area (Å²) in [4.78, 5) is 24.2. The number of carboxylic acid groups (broad SMARTS) is 1. The predicted octanol–water partition coefficient (Wildman–Crippen LogP) is 2.74. The van der Waals surface area contributed by atoms with Gasteiger partial charge in [-0.1, -0.05) is 30.3 Å². The molecule has 0 aliphatic carbocycles. The smallest absolute Gasteiger partial charge is 0.330 e. The summed E-state index contributed by atoms with van der Waals surface area (Å²) in [7, 11) is 3.34. The summed E-state index contributed by atoms with van der Waals surface area (Å²) in [6, 6.07) is 14.7. The van der Waals surface area contributed by atoms with Gasteiger partial charge in [-0.25, -0.2) is 4.79 Å². The van der Waals surface area contributed by atoms with Gasteiger partial charge in [-0.2, -0.15) is 0 Å². The number of hydrogen-bond donors (Lipinski definition) is 2. The molecular weight excluding hydrogens is 320 g/mol. The molecule has 0 spiro atoms. The number of fused-ring (bicyclic) bond motifs is 1. The van der Waals surface area contributed by atoms with Crippen LogP contribution < -0.4 is 10.1 Å². The topological polar surface area (TPSA) is 80.6 Å². The molecule has 0 bridgehead atoms. The van der Waals surface area contributed by atoms with Gasteiger partial charge in [0, 0.05) is 18.0 Å². The Kier molecular flexibility index (Phi) is 4.43. The predicted molar refractivity (Wildman–Crippen MR) is 93.8 cm³/mol. The zero-order chi connectivity index (χ0) is 18.0. The van der Waals surface area contributed by atoms with E-state index in [0.29, 0.717) is 17.0 Å². The van der Waals surface area contributed by atoms with Gasteiger partial charge in [-0.3, -0.25) is 4.79 Å². The Labute approximate surface area is 144 Å². The summed E-state index contributed by atoms with van der Waals surface area (Å²) in [5.74, 6) is -0.869. The standard InChI is InChI=1S/C19H18N2O4/c1-21-15-9-8-14(25-2)10-13(15)11-16(21)18(22)20-17(19(23)24)12-6-4-3-5-7-12/h3-11,17H,1-2H3,(H,20,22)(H,23,24). The molecule has 3 aromatic rings. The number of aryl methyl sites for hydroxylation is 1. The van der Waals surface area contributed by atoms with Crippen LogP contribution in [0.25, 0.3) is 10.9 Å². The third-order valence-electron chi connectivity index (χ3n) is 4.14. The van der Waals surface area contributed by atoms with E-state index in [1.807, 2.05) is 18.2 Å². The van der Waals surface area contributed by atoms with Gasteiger partial charge in [0.15, 0.2) is 6.04 Å². The first-order valence-electron chi connectivity index (χ1n) is 7.73. The van der Waals surface area contributed by atoms with Crippen molar-refractivity contribution in [2.75, 3.05) is 7.11 Å². The van der Waals surface area contributed by atoms with Crippen molar-refractivity contribution in [2.24, 2.45) is 7.05 Å². The number of carboxylic acids is 1. The number of methoxy groups -OCH3 is 1. The molecule has 0 radical (unpaired) electrons. The molecule has 6 heteroatoms. The van der Waals surface area contributed by atoms with Crippen LogP contribution in [0.5, 0.6) is 5.75 Å². The van der Waals surface area contributed by atoms with Crippen LogP contribution in [0, 0.1) is 0 Å². The number of nitrogens with zero attached hydrogens (tertiary/aromatic N) is 1. The van der Waals surface area contributed by atoms with Crippen LogP contribution in [0.3, 0.4) is 0 Å². The lowest BCUT2D eigenvalue weighted by molar-refractivity contribution is -0.139. The Hall–Kier alpha value is -3.28. The van der Waals surface area contributed by atoms with Gasteiger partial charge in [0.05, 0.1) is 7.11 Å². The Morgan fingerprint density at radius 3 is 2.48 bits per heavy atom. The molecule has 0 aliphatic rings. The van der Waals surface area contributed by atoms with Gasteiger partial charge in [-0.15, -0.1) is 0 Å². The average molecular weight is 338 g/mol. The molecule has 6 nitrogen and oxygen atoms in total. The lowest BCUT2D eigenvalue weighted by Crippen LogP contribution is -2.34. The first-order valence-corrected chi connectivity index (χ1v) is 7.73. The van der Waals surface area contributed by atoms with E-state index in [4.69, 9.17) is 4.74 Å². The minimum Gasteiger partial charge on any atom is -0.497 e. The second kappa shape index (κ2) is 6.68. The SMILES string of the molecule is COc1ccc2c(c1)cc(C(=O)NC(C(=O)O)c1ccccc1)n2C. The highest BCUT2D eigenvalue weighted by molar-refractivity contribution is 6.00. The summed E-state index contributed by atoms with van der Waals surface area (Å²) in [5, 5.41) is 12.9. The number of carbonyl (C=O) groups excluding carboxylic acids is 1. The minimum atomic E-state index is -1.11. The fraction of sp³-hybridized carbons (Fsp3) is 0.158. The number of hydrogen-bond acceptors (Lipinski definition) is 3. The largest absolute Gasteiger partial charge is 0.497 e. The van der Waals surface area contributed by atoms with E-state index in [1.165, 1.54) is 0 Å². The monoisotopic (exact) mass is 338 g/mol. The first-order chi connectivity index (χ1) is 12.0. The van der Waals surface area contributed by atoms with Crippen molar-refractivity contribution in [1.82, 2.24) is 9.88 Å². The third-order valence-corrected chi connectivity index (χ3v) is 4.14. The fourth-order valence-corrected chi connectivity index (χ4v) is 2.81. The van der Waals surface area contributed by atoms with Crippen LogP contribution in [0.15, 0.2) is 54.6 Å². The number of carbonyl (C=O) groups is 2. The van der Waals surface area contributed by atoms with Gasteiger partial charge in [0.25, 0.3) is 5.91 Å². The third kappa shape index (κ3) is 3.19. The lowest BCUT2D eigenvalue weighted by Gasteiger charge is -2.15. The molecule has 0 saturated carbocycles. The van der Waals surface area contributed by atoms with Crippen LogP contribution in [-0.2, 0) is 11.8 Å². The zero-order valence-corrected chi connectivity index (χ0v) is 13.9. The molecule has 1 atom stereocenters. The van der Waals surface area contributed by atoms with Crippen LogP contribution in [0.2, 0.25) is 0 Å². The molecule has 0 saturated heterocycles. The van der Waals surface area contributed by atoms with E-state index in [0.717, 1.165) is 10.9 Å². The van der Waals surface area contributed by atoms with Gasteiger partial charge in [0.2, 0.25) is 0 Å². The second-order valence-corrected chi connectivity index (χ2v) is 5.67. The van der Waals surface area contributed by atoms with E-state index in [9.17, 15) is 14.7 Å². The van der Waals surface area contributed by atoms with E-state index >= 15 is 0 Å². The van der Waals surface area contributed by atoms with E-state index in [-0.39, 0.29) is 0 Å². The van der Waals surface area contributed by atoms with Gasteiger partial charge >= 0.3 is 5.97 Å². The Morgan fingerprint density at radius 2 is 1.84 bits per heavy atom. The van der Waals surface area contributed by atoms with Crippen molar-refractivity contribution in [1.29, 1.82) is 0 Å². The Bertz CT molecular complexity index is 931. The van der Waals surface area contributed by atoms with Crippen molar-refractivity contribution < 1.29 is 19.4 Å². The number of ether oxygens (including phenoxy) is 1. The molecule has 25 heavy (non-hydrogen) atoms. The van der Waals surface area contributed by atoms with Crippen molar-refractivity contribution in [3.63, 3.8) is 0 Å². The number of amides is 1. The lowest BCUT2D eigenvalue weighted by atomic mass is 10.1. The molecule has 1 aromatic heterocycles. The van der Waals surface area contributed by atoms with Gasteiger partial charge < -0.3 is 19.7 Å². The van der Waals surface area contributed by atoms with Gasteiger partial charge in [-0.05, 0) is 29.8 Å². The number of aromatic nitrogens is 1. The van der Waals surface area contributed by atoms with Crippen LogP contribution in [0.4, 0.5) is 0 Å². The van der Waals surface area contributed by atoms with Crippen LogP contribution in [0.1, 0.15) is 22.1 Å². The molecule has 1 heterocycles. The Morgan fingerprint density at radius 1 is 1.12 bits per heavy atom. The maximum absolute atomic E-state index is 12.7. The maximum atomic E-state index is 12.7. The summed E-state index contributed by atoms with van der Waals surface area (Å²) in [5.41, 5.74) is 1.76. The molecule has 128 valence electrons. The number of aliphatic carboxylic acids is 1. The highest BCUT2D eigenvalue weighted by Crippen LogP contribution is 2.24. The van der Waals surface area contributed by atoms with E-state index < -0.39 is 17.9 Å². The highest BCUT2D eigenvalue weighted by atomic mass is 16.5. The summed E-state index contributed by atoms with van der Waals surface area (Å²) >= 11 is 0. The van der Waals surface area contributed by atoms with E-state index in [1.54, 1.807) is 55.1 Å². The highest BCUT2D eigenvalue weighted by Gasteiger charge is 2.24. The van der Waals surface area contributed by atoms with Crippen molar-refractivity contribution in [3.05, 3.63) is 65.9 Å². The molecule has 1 amide bonds. The maximum Gasteiger partial charge on any atom is 0.330 e. The van der Waals surface area contributed by atoms with E-state index in [2.05, 4.69) is 5.32 Å². The average Bonchev–Trinajstić information content (AvgIpc) is 2.96. The molecule has 0 aliphatic heterocycles. The normalized spacial score (nSPS) is 11.9. The van der Waals surface area contributed by atoms with Gasteiger partial charge in [0.1, 0.15) is 11.4 Å². The zero-order valence-electron chi connectivity index (χ0n) is 13.9. The fourth-order valence-electron chi connectivity index (χ4n) is 2.81. The van der Waals surface area contributed by atoms with Crippen LogP contribution in [-0.4, -0.2) is 28.7 Å². The summed E-state index contributed by atoms with van der Waals surface area (Å²) in [6.07, 6.45) is 0. The number of benzene rings is 2. The summed E-state index contributed by atoms with van der Waals surface area (Å²) < 4.78 is 6.93. The minimum absolute atomic E-state index is 0.380. The van der Waals surface area contributed by atoms with Crippen LogP contribution >= 0.6 is 0 Å². The molecule has 1 unspecified atom stereocenters. The number of rotatable bonds is 5. The quantitative estimate of drug-likeness (QED) is 0.749. The molecule has 0 fully saturated rings. The first kappa shape index (κ1) is 16.6. The Balaban J connectivity index is 1.93. The molecule has 3 rings (SSSR count). The van der Waals surface area contributed by atoms with Crippen molar-refractivity contribution in [2.45, 2.75) is 6.04 Å². The second-order valence-electron chi connectivity index (χ2n) is 5.67. The van der Waals surface area contributed by atoms with Crippen molar-refractivity contribution >= 4 is 22.8 Å². The van der Waals surface area contributed by atoms with Crippen molar-refractivity contribution in [3.8, 4) is 5.75 Å². The molecule has 2 aromatic carbocycles. The molecular formula is C19H18N2O4.